The summed E-state index contributed by atoms with van der Waals surface area (Å²) >= 11 is 3.34. The van der Waals surface area contributed by atoms with E-state index in [0.717, 1.165) is 4.47 Å². The molecule has 23 heavy (non-hydrogen) atoms. The van der Waals surface area contributed by atoms with E-state index in [1.54, 1.807) is 50.4 Å². The van der Waals surface area contributed by atoms with E-state index in [0.29, 0.717) is 17.0 Å². The minimum Gasteiger partial charge on any atom is -0.481 e. The number of nitrogens with one attached hydrogen (secondary N) is 2. The fourth-order valence-corrected chi connectivity index (χ4v) is 2.13. The van der Waals surface area contributed by atoms with Crippen molar-refractivity contribution in [1.29, 1.82) is 0 Å². The van der Waals surface area contributed by atoms with Gasteiger partial charge in [0.2, 0.25) is 0 Å². The van der Waals surface area contributed by atoms with Crippen LogP contribution in [0, 0.1) is 0 Å². The standard InChI is InChI=1S/C17H17BrN2O3/c1-11(23-15-9-5-13(18)6-10-15)16(21)20-14-7-3-12(4-8-14)17(22)19-2/h3-11H,1-2H3,(H,19,22)(H,20,21)/t11-/m0/s1. The van der Waals surface area contributed by atoms with Crippen molar-refractivity contribution < 1.29 is 14.3 Å². The van der Waals surface area contributed by atoms with E-state index >= 15 is 0 Å². The van der Waals surface area contributed by atoms with Crippen LogP contribution >= 0.6 is 15.9 Å². The van der Waals surface area contributed by atoms with Crippen LogP contribution in [0.4, 0.5) is 5.69 Å². The molecule has 0 heterocycles. The van der Waals surface area contributed by atoms with Crippen LogP contribution in [0.2, 0.25) is 0 Å². The molecule has 0 bridgehead atoms. The topological polar surface area (TPSA) is 67.4 Å². The minimum absolute atomic E-state index is 0.171. The maximum Gasteiger partial charge on any atom is 0.265 e. The fourth-order valence-electron chi connectivity index (χ4n) is 1.86. The predicted octanol–water partition coefficient (Wildman–Crippen LogP) is 3.21. The van der Waals surface area contributed by atoms with E-state index in [-0.39, 0.29) is 11.8 Å². The number of carbonyl (C=O) groups is 2. The number of hydrogen-bond donors (Lipinski definition) is 2. The lowest BCUT2D eigenvalue weighted by molar-refractivity contribution is -0.122. The van der Waals surface area contributed by atoms with Gasteiger partial charge >= 0.3 is 0 Å². The Labute approximate surface area is 143 Å². The highest BCUT2D eigenvalue weighted by Gasteiger charge is 2.15. The number of rotatable bonds is 5. The molecule has 0 aliphatic carbocycles. The van der Waals surface area contributed by atoms with Gasteiger partial charge in [0.05, 0.1) is 0 Å². The van der Waals surface area contributed by atoms with Gasteiger partial charge in [0, 0.05) is 22.8 Å². The molecule has 5 nitrogen and oxygen atoms in total. The number of benzene rings is 2. The van der Waals surface area contributed by atoms with Gasteiger partial charge in [-0.3, -0.25) is 9.59 Å². The third-order valence-corrected chi connectivity index (χ3v) is 3.67. The van der Waals surface area contributed by atoms with E-state index in [1.807, 2.05) is 12.1 Å². The van der Waals surface area contributed by atoms with Gasteiger partial charge in [-0.2, -0.15) is 0 Å². The number of carbonyl (C=O) groups excluding carboxylic acids is 2. The van der Waals surface area contributed by atoms with E-state index in [9.17, 15) is 9.59 Å². The summed E-state index contributed by atoms with van der Waals surface area (Å²) in [6.07, 6.45) is -0.644. The Hall–Kier alpha value is -2.34. The number of amides is 2. The average molecular weight is 377 g/mol. The monoisotopic (exact) mass is 376 g/mol. The van der Waals surface area contributed by atoms with Crippen LogP contribution in [0.5, 0.6) is 5.75 Å². The van der Waals surface area contributed by atoms with Crippen LogP contribution in [0.1, 0.15) is 17.3 Å². The first-order chi connectivity index (χ1) is 11.0. The van der Waals surface area contributed by atoms with Gasteiger partial charge in [0.15, 0.2) is 6.10 Å². The summed E-state index contributed by atoms with van der Waals surface area (Å²) in [6, 6.07) is 13.9. The van der Waals surface area contributed by atoms with Crippen molar-refractivity contribution in [3.05, 3.63) is 58.6 Å². The molecule has 2 N–H and O–H groups in total. The maximum atomic E-state index is 12.1. The SMILES string of the molecule is CNC(=O)c1ccc(NC(=O)[C@H](C)Oc2ccc(Br)cc2)cc1. The number of ether oxygens (including phenoxy) is 1. The third kappa shape index (κ3) is 4.82. The van der Waals surface area contributed by atoms with E-state index in [1.165, 1.54) is 0 Å². The molecule has 1 atom stereocenters. The Kier molecular flexibility index (Phi) is 5.76. The Bertz CT molecular complexity index is 684. The zero-order chi connectivity index (χ0) is 16.8. The first kappa shape index (κ1) is 17.0. The highest BCUT2D eigenvalue weighted by molar-refractivity contribution is 9.10. The highest BCUT2D eigenvalue weighted by Crippen LogP contribution is 2.18. The summed E-state index contributed by atoms with van der Waals surface area (Å²) in [4.78, 5) is 23.6. The molecule has 2 rings (SSSR count). The Morgan fingerprint density at radius 1 is 1.04 bits per heavy atom. The normalized spacial score (nSPS) is 11.4. The number of halogens is 1. The highest BCUT2D eigenvalue weighted by atomic mass is 79.9. The molecule has 2 aromatic carbocycles. The van der Waals surface area contributed by atoms with Crippen molar-refractivity contribution in [3.63, 3.8) is 0 Å². The zero-order valence-electron chi connectivity index (χ0n) is 12.8. The summed E-state index contributed by atoms with van der Waals surface area (Å²) in [5, 5.41) is 5.29. The van der Waals surface area contributed by atoms with Crippen molar-refractivity contribution in [2.45, 2.75) is 13.0 Å². The van der Waals surface area contributed by atoms with Gasteiger partial charge in [-0.25, -0.2) is 0 Å². The van der Waals surface area contributed by atoms with Crippen molar-refractivity contribution in [3.8, 4) is 5.75 Å². The van der Waals surface area contributed by atoms with Gasteiger partial charge in [-0.1, -0.05) is 15.9 Å². The summed E-state index contributed by atoms with van der Waals surface area (Å²) < 4.78 is 6.53. The second-order valence-electron chi connectivity index (χ2n) is 4.86. The van der Waals surface area contributed by atoms with Crippen LogP contribution < -0.4 is 15.4 Å². The van der Waals surface area contributed by atoms with Gasteiger partial charge < -0.3 is 15.4 Å². The zero-order valence-corrected chi connectivity index (χ0v) is 14.4. The Morgan fingerprint density at radius 3 is 2.22 bits per heavy atom. The van der Waals surface area contributed by atoms with Crippen LogP contribution in [0.3, 0.4) is 0 Å². The first-order valence-electron chi connectivity index (χ1n) is 7.05. The molecule has 0 saturated carbocycles. The Balaban J connectivity index is 1.95. The second kappa shape index (κ2) is 7.78. The largest absolute Gasteiger partial charge is 0.481 e. The number of anilines is 1. The molecule has 0 spiro atoms. The van der Waals surface area contributed by atoms with Crippen molar-refractivity contribution in [1.82, 2.24) is 5.32 Å². The summed E-state index contributed by atoms with van der Waals surface area (Å²) in [5.41, 5.74) is 1.14. The lowest BCUT2D eigenvalue weighted by Gasteiger charge is -2.15. The maximum absolute atomic E-state index is 12.1. The Morgan fingerprint density at radius 2 is 1.65 bits per heavy atom. The van der Waals surface area contributed by atoms with Crippen LogP contribution in [0.25, 0.3) is 0 Å². The lowest BCUT2D eigenvalue weighted by atomic mass is 10.2. The molecule has 2 aromatic rings. The molecular weight excluding hydrogens is 360 g/mol. The summed E-state index contributed by atoms with van der Waals surface area (Å²) in [7, 11) is 1.57. The molecule has 0 aliphatic rings. The molecule has 2 amide bonds. The molecular formula is C17H17BrN2O3. The third-order valence-electron chi connectivity index (χ3n) is 3.14. The van der Waals surface area contributed by atoms with Gasteiger partial charge in [-0.15, -0.1) is 0 Å². The molecule has 6 heteroatoms. The van der Waals surface area contributed by atoms with E-state index < -0.39 is 6.10 Å². The fraction of sp³-hybridized carbons (Fsp3) is 0.176. The quantitative estimate of drug-likeness (QED) is 0.841. The predicted molar refractivity (Wildman–Crippen MR) is 92.7 cm³/mol. The van der Waals surface area contributed by atoms with Crippen molar-refractivity contribution in [2.75, 3.05) is 12.4 Å². The van der Waals surface area contributed by atoms with Crippen LogP contribution in [-0.2, 0) is 4.79 Å². The minimum atomic E-state index is -0.644. The van der Waals surface area contributed by atoms with E-state index in [4.69, 9.17) is 4.74 Å². The molecule has 0 fully saturated rings. The number of hydrogen-bond acceptors (Lipinski definition) is 3. The van der Waals surface area contributed by atoms with Crippen LogP contribution in [-0.4, -0.2) is 25.0 Å². The average Bonchev–Trinajstić information content (AvgIpc) is 2.56. The van der Waals surface area contributed by atoms with Gasteiger partial charge in [-0.05, 0) is 55.5 Å². The molecule has 0 aromatic heterocycles. The van der Waals surface area contributed by atoms with E-state index in [2.05, 4.69) is 26.6 Å². The molecule has 0 saturated heterocycles. The molecule has 0 aliphatic heterocycles. The van der Waals surface area contributed by atoms with Gasteiger partial charge in [0.25, 0.3) is 11.8 Å². The molecule has 0 unspecified atom stereocenters. The van der Waals surface area contributed by atoms with Gasteiger partial charge in [0.1, 0.15) is 5.75 Å². The summed E-state index contributed by atoms with van der Waals surface area (Å²) in [5.74, 6) is 0.182. The van der Waals surface area contributed by atoms with Crippen LogP contribution in [0.15, 0.2) is 53.0 Å². The summed E-state index contributed by atoms with van der Waals surface area (Å²) in [6.45, 7) is 1.68. The smallest absolute Gasteiger partial charge is 0.265 e. The first-order valence-corrected chi connectivity index (χ1v) is 7.84. The van der Waals surface area contributed by atoms with Crippen molar-refractivity contribution >= 4 is 33.4 Å². The lowest BCUT2D eigenvalue weighted by Crippen LogP contribution is -2.30. The van der Waals surface area contributed by atoms with Crippen molar-refractivity contribution in [2.24, 2.45) is 0 Å². The molecule has 120 valence electrons. The second-order valence-corrected chi connectivity index (χ2v) is 5.78. The molecule has 0 radical (unpaired) electrons.